The zero-order valence-corrected chi connectivity index (χ0v) is 11.4. The van der Waals surface area contributed by atoms with Gasteiger partial charge in [0.2, 0.25) is 0 Å². The molecule has 1 rings (SSSR count). The summed E-state index contributed by atoms with van der Waals surface area (Å²) in [6, 6.07) is -0.219. The van der Waals surface area contributed by atoms with Crippen LogP contribution in [0.2, 0.25) is 0 Å². The summed E-state index contributed by atoms with van der Waals surface area (Å²) >= 11 is 0. The van der Waals surface area contributed by atoms with E-state index in [1.54, 1.807) is 7.05 Å². The van der Waals surface area contributed by atoms with E-state index in [-0.39, 0.29) is 19.0 Å². The molecule has 1 aliphatic heterocycles. The second kappa shape index (κ2) is 8.71. The molecule has 0 spiro atoms. The molecule has 0 aromatic heterocycles. The zero-order valence-electron chi connectivity index (χ0n) is 11.4. The van der Waals surface area contributed by atoms with Crippen LogP contribution in [0, 0.1) is 0 Å². The van der Waals surface area contributed by atoms with E-state index in [0.717, 1.165) is 39.3 Å². The van der Waals surface area contributed by atoms with E-state index in [4.69, 9.17) is 9.84 Å². The summed E-state index contributed by atoms with van der Waals surface area (Å²) in [6.07, 6.45) is 0.857. The maximum Gasteiger partial charge on any atom is 0.317 e. The van der Waals surface area contributed by atoms with E-state index < -0.39 is 5.97 Å². The third-order valence-electron chi connectivity index (χ3n) is 3.04. The van der Waals surface area contributed by atoms with E-state index in [0.29, 0.717) is 6.54 Å². The van der Waals surface area contributed by atoms with E-state index in [2.05, 4.69) is 10.2 Å². The third-order valence-corrected chi connectivity index (χ3v) is 3.04. The molecule has 110 valence electrons. The number of hydrogen-bond acceptors (Lipinski definition) is 4. The Bertz CT molecular complexity index is 293. The smallest absolute Gasteiger partial charge is 0.317 e. The molecule has 19 heavy (non-hydrogen) atoms. The van der Waals surface area contributed by atoms with Crippen LogP contribution in [0.3, 0.4) is 0 Å². The van der Waals surface area contributed by atoms with Gasteiger partial charge in [-0.2, -0.15) is 0 Å². The Morgan fingerprint density at radius 2 is 2.05 bits per heavy atom. The predicted molar refractivity (Wildman–Crippen MR) is 70.2 cm³/mol. The molecule has 1 heterocycles. The fourth-order valence-corrected chi connectivity index (χ4v) is 1.82. The summed E-state index contributed by atoms with van der Waals surface area (Å²) < 4.78 is 5.26. The first-order valence-corrected chi connectivity index (χ1v) is 6.60. The van der Waals surface area contributed by atoms with Gasteiger partial charge >= 0.3 is 12.0 Å². The zero-order chi connectivity index (χ0) is 14.1. The Morgan fingerprint density at radius 3 is 2.68 bits per heavy atom. The van der Waals surface area contributed by atoms with Crippen LogP contribution in [0.5, 0.6) is 0 Å². The van der Waals surface area contributed by atoms with Gasteiger partial charge in [0.25, 0.3) is 0 Å². The summed E-state index contributed by atoms with van der Waals surface area (Å²) in [5, 5.41) is 11.3. The minimum absolute atomic E-state index is 0.0301. The minimum Gasteiger partial charge on any atom is -0.481 e. The van der Waals surface area contributed by atoms with Gasteiger partial charge in [0, 0.05) is 33.2 Å². The molecule has 2 amide bonds. The van der Waals surface area contributed by atoms with Crippen LogP contribution >= 0.6 is 0 Å². The van der Waals surface area contributed by atoms with Gasteiger partial charge in [0.1, 0.15) is 0 Å². The second-order valence-corrected chi connectivity index (χ2v) is 4.60. The first kappa shape index (κ1) is 15.7. The maximum absolute atomic E-state index is 11.6. The van der Waals surface area contributed by atoms with E-state index in [1.165, 1.54) is 4.90 Å². The van der Waals surface area contributed by atoms with Gasteiger partial charge in [-0.3, -0.25) is 9.69 Å². The number of urea groups is 1. The average Bonchev–Trinajstić information content (AvgIpc) is 2.41. The molecule has 7 nitrogen and oxygen atoms in total. The summed E-state index contributed by atoms with van der Waals surface area (Å²) in [5.74, 6) is -0.896. The number of nitrogens with one attached hydrogen (secondary N) is 1. The molecule has 0 radical (unpaired) electrons. The highest BCUT2D eigenvalue weighted by Gasteiger charge is 2.11. The summed E-state index contributed by atoms with van der Waals surface area (Å²) in [5.41, 5.74) is 0. The van der Waals surface area contributed by atoms with Crippen molar-refractivity contribution in [2.24, 2.45) is 0 Å². The Balaban J connectivity index is 2.04. The molecule has 0 aromatic rings. The van der Waals surface area contributed by atoms with Crippen molar-refractivity contribution in [2.75, 3.05) is 53.0 Å². The quantitative estimate of drug-likeness (QED) is 0.629. The van der Waals surface area contributed by atoms with Crippen LogP contribution in [0.25, 0.3) is 0 Å². The number of carboxylic acid groups (broad SMARTS) is 1. The average molecular weight is 273 g/mol. The standard InChI is InChI=1S/C12H23N3O4/c1-14(6-3-11(16)17)12(18)13-4-2-5-15-7-9-19-10-8-15/h2-10H2,1H3,(H,13,18)(H,16,17). The summed E-state index contributed by atoms with van der Waals surface area (Å²) in [4.78, 5) is 25.7. The molecule has 0 aromatic carbocycles. The van der Waals surface area contributed by atoms with Crippen molar-refractivity contribution in [3.63, 3.8) is 0 Å². The summed E-state index contributed by atoms with van der Waals surface area (Å²) in [7, 11) is 1.60. The minimum atomic E-state index is -0.896. The highest BCUT2D eigenvalue weighted by Crippen LogP contribution is 1.97. The monoisotopic (exact) mass is 273 g/mol. The maximum atomic E-state index is 11.6. The van der Waals surface area contributed by atoms with Crippen molar-refractivity contribution in [1.82, 2.24) is 15.1 Å². The molecule has 1 aliphatic rings. The molecule has 0 atom stereocenters. The van der Waals surface area contributed by atoms with Crippen molar-refractivity contribution in [1.29, 1.82) is 0 Å². The predicted octanol–water partition coefficient (Wildman–Crippen LogP) is -0.175. The number of rotatable bonds is 7. The van der Waals surface area contributed by atoms with Crippen molar-refractivity contribution < 1.29 is 19.4 Å². The Hall–Kier alpha value is -1.34. The van der Waals surface area contributed by atoms with Crippen LogP contribution in [-0.2, 0) is 9.53 Å². The van der Waals surface area contributed by atoms with Crippen molar-refractivity contribution in [2.45, 2.75) is 12.8 Å². The molecular weight excluding hydrogens is 250 g/mol. The molecule has 0 saturated carbocycles. The first-order chi connectivity index (χ1) is 9.09. The second-order valence-electron chi connectivity index (χ2n) is 4.60. The largest absolute Gasteiger partial charge is 0.481 e. The topological polar surface area (TPSA) is 82.1 Å². The van der Waals surface area contributed by atoms with Gasteiger partial charge in [-0.15, -0.1) is 0 Å². The number of nitrogens with zero attached hydrogens (tertiary/aromatic N) is 2. The van der Waals surface area contributed by atoms with E-state index in [9.17, 15) is 9.59 Å². The van der Waals surface area contributed by atoms with E-state index >= 15 is 0 Å². The number of carbonyl (C=O) groups is 2. The number of ether oxygens (including phenoxy) is 1. The lowest BCUT2D eigenvalue weighted by molar-refractivity contribution is -0.137. The molecule has 0 unspecified atom stereocenters. The fourth-order valence-electron chi connectivity index (χ4n) is 1.82. The van der Waals surface area contributed by atoms with Crippen LogP contribution < -0.4 is 5.32 Å². The molecule has 7 heteroatoms. The number of carbonyl (C=O) groups excluding carboxylic acids is 1. The van der Waals surface area contributed by atoms with Crippen LogP contribution in [-0.4, -0.2) is 79.9 Å². The lowest BCUT2D eigenvalue weighted by atomic mass is 10.3. The number of morpholine rings is 1. The lowest BCUT2D eigenvalue weighted by Crippen LogP contribution is -2.41. The Morgan fingerprint density at radius 1 is 1.37 bits per heavy atom. The van der Waals surface area contributed by atoms with Gasteiger partial charge in [-0.1, -0.05) is 0 Å². The van der Waals surface area contributed by atoms with E-state index in [1.807, 2.05) is 0 Å². The van der Waals surface area contributed by atoms with Crippen molar-refractivity contribution in [3.8, 4) is 0 Å². The SMILES string of the molecule is CN(CCC(=O)O)C(=O)NCCCN1CCOCC1. The number of amides is 2. The van der Waals surface area contributed by atoms with Gasteiger partial charge in [-0.25, -0.2) is 4.79 Å². The number of carboxylic acids is 1. The fraction of sp³-hybridized carbons (Fsp3) is 0.833. The van der Waals surface area contributed by atoms with Gasteiger partial charge in [0.15, 0.2) is 0 Å². The highest BCUT2D eigenvalue weighted by molar-refractivity contribution is 5.74. The van der Waals surface area contributed by atoms with Crippen LogP contribution in [0.1, 0.15) is 12.8 Å². The Labute approximate surface area is 113 Å². The van der Waals surface area contributed by atoms with Crippen LogP contribution in [0.4, 0.5) is 4.79 Å². The molecular formula is C12H23N3O4. The van der Waals surface area contributed by atoms with Crippen molar-refractivity contribution in [3.05, 3.63) is 0 Å². The van der Waals surface area contributed by atoms with Gasteiger partial charge < -0.3 is 20.1 Å². The normalized spacial score (nSPS) is 16.1. The van der Waals surface area contributed by atoms with Gasteiger partial charge in [-0.05, 0) is 13.0 Å². The summed E-state index contributed by atoms with van der Waals surface area (Å²) in [6.45, 7) is 5.24. The molecule has 1 fully saturated rings. The molecule has 0 bridgehead atoms. The Kier molecular flexibility index (Phi) is 7.20. The molecule has 0 aliphatic carbocycles. The first-order valence-electron chi connectivity index (χ1n) is 6.60. The third kappa shape index (κ3) is 6.97. The lowest BCUT2D eigenvalue weighted by Gasteiger charge is -2.26. The van der Waals surface area contributed by atoms with Crippen LogP contribution in [0.15, 0.2) is 0 Å². The number of aliphatic carboxylic acids is 1. The molecule has 1 saturated heterocycles. The van der Waals surface area contributed by atoms with Gasteiger partial charge in [0.05, 0.1) is 19.6 Å². The van der Waals surface area contributed by atoms with Crippen molar-refractivity contribution >= 4 is 12.0 Å². The highest BCUT2D eigenvalue weighted by atomic mass is 16.5. The number of hydrogen-bond donors (Lipinski definition) is 2. The molecule has 2 N–H and O–H groups in total.